The lowest BCUT2D eigenvalue weighted by atomic mass is 9.77. The zero-order valence-corrected chi connectivity index (χ0v) is 19.7. The molecule has 0 fully saturated rings. The summed E-state index contributed by atoms with van der Waals surface area (Å²) in [5.74, 6) is -1.05. The van der Waals surface area contributed by atoms with Gasteiger partial charge in [0, 0.05) is 36.2 Å². The van der Waals surface area contributed by atoms with E-state index in [9.17, 15) is 24.2 Å². The van der Waals surface area contributed by atoms with Crippen molar-refractivity contribution in [3.05, 3.63) is 77.1 Å². The van der Waals surface area contributed by atoms with Crippen molar-refractivity contribution >= 4 is 11.8 Å². The molecule has 4 rings (SSSR count). The van der Waals surface area contributed by atoms with Crippen LogP contribution in [0, 0.1) is 5.82 Å². The number of rotatable bonds is 9. The number of benzene rings is 2. The second-order valence-electron chi connectivity index (χ2n) is 8.90. The lowest BCUT2D eigenvalue weighted by Gasteiger charge is -2.41. The van der Waals surface area contributed by atoms with Gasteiger partial charge in [0.2, 0.25) is 11.8 Å². The summed E-state index contributed by atoms with van der Waals surface area (Å²) in [6.07, 6.45) is 1.37. The third-order valence-corrected chi connectivity index (χ3v) is 6.60. The number of carbonyl (C=O) groups excluding carboxylic acids is 2. The number of amides is 2. The highest BCUT2D eigenvalue weighted by atomic mass is 19.1. The number of ether oxygens (including phenoxy) is 1. The summed E-state index contributed by atoms with van der Waals surface area (Å²) in [4.78, 5) is 27.9. The van der Waals surface area contributed by atoms with Crippen LogP contribution in [-0.4, -0.2) is 58.3 Å². The van der Waals surface area contributed by atoms with Gasteiger partial charge < -0.3 is 25.2 Å². The molecule has 0 saturated carbocycles. The lowest BCUT2D eigenvalue weighted by molar-refractivity contribution is -0.138. The molecule has 1 heterocycles. The fraction of sp³-hybridized carbons (Fsp3) is 0.407. The fourth-order valence-electron chi connectivity index (χ4n) is 4.83. The maximum atomic E-state index is 14.5. The van der Waals surface area contributed by atoms with Crippen molar-refractivity contribution in [1.29, 1.82) is 0 Å². The molecule has 2 aliphatic rings. The molecule has 1 aliphatic heterocycles. The summed E-state index contributed by atoms with van der Waals surface area (Å²) in [5.41, 5.74) is 1.45. The van der Waals surface area contributed by atoms with Gasteiger partial charge in [0.1, 0.15) is 23.8 Å². The van der Waals surface area contributed by atoms with Gasteiger partial charge in [0.25, 0.3) is 0 Å². The Hall–Kier alpha value is -3.23. The minimum atomic E-state index is -1.14. The third-order valence-electron chi connectivity index (χ3n) is 6.60. The number of hydrogen-bond acceptors (Lipinski definition) is 5. The molecule has 35 heavy (non-hydrogen) atoms. The summed E-state index contributed by atoms with van der Waals surface area (Å²) in [7, 11) is 0. The van der Waals surface area contributed by atoms with Crippen molar-refractivity contribution in [2.75, 3.05) is 13.2 Å². The normalized spacial score (nSPS) is 22.5. The average Bonchev–Trinajstić information content (AvgIpc) is 3.26. The van der Waals surface area contributed by atoms with E-state index in [-0.39, 0.29) is 32.0 Å². The summed E-state index contributed by atoms with van der Waals surface area (Å²) in [6, 6.07) is 12.6. The quantitative estimate of drug-likeness (QED) is 0.511. The molecule has 4 atom stereocenters. The number of para-hydroxylation sites is 1. The number of nitrogens with one attached hydrogen (secondary N) is 1. The Kier molecular flexibility index (Phi) is 7.83. The van der Waals surface area contributed by atoms with E-state index < -0.39 is 35.9 Å². The summed E-state index contributed by atoms with van der Waals surface area (Å²) >= 11 is 0. The summed E-state index contributed by atoms with van der Waals surface area (Å²) in [5, 5.41) is 23.3. The standard InChI is InChI=1S/C27H31FN2O5/c1-2-3-12-23(32)30(16-17-8-4-6-10-20(17)28)21-15-19(27(34)29-13-14-31)24-18-9-5-7-11-22(18)35-26(24)25(21)33/h4-11,15,21,24-26,31,33H,2-3,12-14,16H2,1H3,(H,29,34). The van der Waals surface area contributed by atoms with Gasteiger partial charge in [-0.1, -0.05) is 49.7 Å². The Balaban J connectivity index is 1.76. The Morgan fingerprint density at radius 3 is 2.63 bits per heavy atom. The highest BCUT2D eigenvalue weighted by Crippen LogP contribution is 2.47. The minimum Gasteiger partial charge on any atom is -0.486 e. The average molecular weight is 483 g/mol. The number of halogens is 1. The molecular weight excluding hydrogens is 451 g/mol. The van der Waals surface area contributed by atoms with Crippen LogP contribution in [0.15, 0.2) is 60.2 Å². The van der Waals surface area contributed by atoms with E-state index in [1.54, 1.807) is 30.3 Å². The smallest absolute Gasteiger partial charge is 0.247 e. The molecule has 2 aromatic carbocycles. The van der Waals surface area contributed by atoms with Crippen LogP contribution in [0.1, 0.15) is 43.2 Å². The van der Waals surface area contributed by atoms with E-state index in [4.69, 9.17) is 4.74 Å². The lowest BCUT2D eigenvalue weighted by Crippen LogP contribution is -2.55. The molecule has 2 aromatic rings. The first-order valence-corrected chi connectivity index (χ1v) is 12.0. The molecule has 186 valence electrons. The van der Waals surface area contributed by atoms with Gasteiger partial charge in [-0.05, 0) is 24.6 Å². The molecule has 0 saturated heterocycles. The van der Waals surface area contributed by atoms with Gasteiger partial charge in [0.15, 0.2) is 0 Å². The zero-order valence-electron chi connectivity index (χ0n) is 19.7. The Morgan fingerprint density at radius 1 is 1.14 bits per heavy atom. The van der Waals surface area contributed by atoms with Crippen LogP contribution in [0.25, 0.3) is 0 Å². The summed E-state index contributed by atoms with van der Waals surface area (Å²) in [6.45, 7) is 1.77. The molecule has 2 amide bonds. The first-order valence-electron chi connectivity index (χ1n) is 12.0. The van der Waals surface area contributed by atoms with Crippen molar-refractivity contribution in [3.8, 4) is 5.75 Å². The molecule has 0 aromatic heterocycles. The number of hydrogen-bond donors (Lipinski definition) is 3. The molecule has 4 unspecified atom stereocenters. The van der Waals surface area contributed by atoms with E-state index in [0.717, 1.165) is 12.0 Å². The molecule has 0 bridgehead atoms. The molecule has 0 spiro atoms. The first kappa shape index (κ1) is 24.9. The maximum absolute atomic E-state index is 14.5. The van der Waals surface area contributed by atoms with Crippen molar-refractivity contribution in [2.45, 2.75) is 56.9 Å². The Labute approximate surface area is 204 Å². The van der Waals surface area contributed by atoms with Crippen LogP contribution in [0.2, 0.25) is 0 Å². The van der Waals surface area contributed by atoms with E-state index in [2.05, 4.69) is 5.32 Å². The number of fused-ring (bicyclic) bond motifs is 3. The van der Waals surface area contributed by atoms with E-state index in [1.807, 2.05) is 25.1 Å². The maximum Gasteiger partial charge on any atom is 0.247 e. The molecule has 3 N–H and O–H groups in total. The van der Waals surface area contributed by atoms with E-state index in [0.29, 0.717) is 23.3 Å². The highest BCUT2D eigenvalue weighted by molar-refractivity contribution is 5.96. The molecule has 1 aliphatic carbocycles. The Morgan fingerprint density at radius 2 is 1.89 bits per heavy atom. The predicted octanol–water partition coefficient (Wildman–Crippen LogP) is 2.67. The molecule has 0 radical (unpaired) electrons. The van der Waals surface area contributed by atoms with Crippen LogP contribution in [0.4, 0.5) is 4.39 Å². The van der Waals surface area contributed by atoms with Crippen LogP contribution in [0.5, 0.6) is 5.75 Å². The third kappa shape index (κ3) is 5.09. The highest BCUT2D eigenvalue weighted by Gasteiger charge is 2.50. The van der Waals surface area contributed by atoms with Crippen LogP contribution >= 0.6 is 0 Å². The molecule has 7 nitrogen and oxygen atoms in total. The number of nitrogens with zero attached hydrogens (tertiary/aromatic N) is 1. The van der Waals surface area contributed by atoms with Gasteiger partial charge in [-0.3, -0.25) is 9.59 Å². The van der Waals surface area contributed by atoms with Gasteiger partial charge in [-0.25, -0.2) is 4.39 Å². The minimum absolute atomic E-state index is 0.0523. The number of carbonyl (C=O) groups is 2. The predicted molar refractivity (Wildman–Crippen MR) is 128 cm³/mol. The Bertz CT molecular complexity index is 1100. The monoisotopic (exact) mass is 482 g/mol. The number of aliphatic hydroxyl groups is 2. The largest absolute Gasteiger partial charge is 0.486 e. The SMILES string of the molecule is CCCCC(=O)N(Cc1ccccc1F)C1C=C(C(=O)NCCO)C2c3ccccc3OC2C1O. The second-order valence-corrected chi connectivity index (χ2v) is 8.90. The fourth-order valence-corrected chi connectivity index (χ4v) is 4.83. The summed E-state index contributed by atoms with van der Waals surface area (Å²) < 4.78 is 20.6. The second kappa shape index (κ2) is 11.0. The van der Waals surface area contributed by atoms with Crippen LogP contribution in [-0.2, 0) is 16.1 Å². The van der Waals surface area contributed by atoms with Gasteiger partial charge in [-0.15, -0.1) is 0 Å². The van der Waals surface area contributed by atoms with Crippen molar-refractivity contribution in [1.82, 2.24) is 10.2 Å². The van der Waals surface area contributed by atoms with E-state index >= 15 is 0 Å². The van der Waals surface area contributed by atoms with Crippen molar-refractivity contribution in [2.24, 2.45) is 0 Å². The van der Waals surface area contributed by atoms with Crippen molar-refractivity contribution < 1.29 is 28.9 Å². The van der Waals surface area contributed by atoms with Crippen molar-refractivity contribution in [3.63, 3.8) is 0 Å². The zero-order chi connectivity index (χ0) is 24.9. The van der Waals surface area contributed by atoms with Gasteiger partial charge in [0.05, 0.1) is 18.6 Å². The molecule has 8 heteroatoms. The van der Waals surface area contributed by atoms with Gasteiger partial charge in [-0.2, -0.15) is 0 Å². The first-order chi connectivity index (χ1) is 17.0. The van der Waals surface area contributed by atoms with Crippen LogP contribution < -0.4 is 10.1 Å². The topological polar surface area (TPSA) is 99.1 Å². The van der Waals surface area contributed by atoms with Gasteiger partial charge >= 0.3 is 0 Å². The van der Waals surface area contributed by atoms with Crippen LogP contribution in [0.3, 0.4) is 0 Å². The molecular formula is C27H31FN2O5. The number of unbranched alkanes of at least 4 members (excludes halogenated alkanes) is 1. The number of aliphatic hydroxyl groups excluding tert-OH is 2. The van der Waals surface area contributed by atoms with E-state index in [1.165, 1.54) is 11.0 Å².